The van der Waals surface area contributed by atoms with Gasteiger partial charge >= 0.3 is 0 Å². The number of halogens is 2. The van der Waals surface area contributed by atoms with Gasteiger partial charge in [-0.1, -0.05) is 24.6 Å². The zero-order chi connectivity index (χ0) is 15.1. The number of ether oxygens (including phenoxy) is 1. The van der Waals surface area contributed by atoms with Crippen LogP contribution in [-0.4, -0.2) is 19.3 Å². The molecule has 0 saturated carbocycles. The van der Waals surface area contributed by atoms with E-state index >= 15 is 0 Å². The summed E-state index contributed by atoms with van der Waals surface area (Å²) < 4.78 is 19.9. The van der Waals surface area contributed by atoms with E-state index in [2.05, 4.69) is 12.2 Å². The minimum atomic E-state index is -0.222. The SMILES string of the molecule is CCCNC(CCC1CCCCO1)c1ccc(Cl)cc1F. The van der Waals surface area contributed by atoms with Crippen molar-refractivity contribution < 1.29 is 9.13 Å². The summed E-state index contributed by atoms with van der Waals surface area (Å²) in [6.45, 7) is 3.87. The van der Waals surface area contributed by atoms with Gasteiger partial charge in [0.25, 0.3) is 0 Å². The summed E-state index contributed by atoms with van der Waals surface area (Å²) in [5.74, 6) is -0.222. The monoisotopic (exact) mass is 313 g/mol. The third-order valence-electron chi connectivity index (χ3n) is 4.03. The third-order valence-corrected chi connectivity index (χ3v) is 4.27. The average Bonchev–Trinajstić information content (AvgIpc) is 2.49. The number of hydrogen-bond acceptors (Lipinski definition) is 2. The minimum absolute atomic E-state index is 0.0349. The normalized spacial score (nSPS) is 20.4. The molecule has 1 heterocycles. The highest BCUT2D eigenvalue weighted by atomic mass is 35.5. The van der Waals surface area contributed by atoms with E-state index in [1.54, 1.807) is 12.1 Å². The lowest BCUT2D eigenvalue weighted by atomic mass is 9.96. The van der Waals surface area contributed by atoms with Gasteiger partial charge < -0.3 is 10.1 Å². The van der Waals surface area contributed by atoms with Crippen molar-refractivity contribution >= 4 is 11.6 Å². The lowest BCUT2D eigenvalue weighted by molar-refractivity contribution is 0.00849. The van der Waals surface area contributed by atoms with Gasteiger partial charge in [0.15, 0.2) is 0 Å². The maximum absolute atomic E-state index is 14.1. The zero-order valence-electron chi connectivity index (χ0n) is 12.7. The molecule has 1 aromatic rings. The quantitative estimate of drug-likeness (QED) is 0.775. The molecule has 1 aliphatic heterocycles. The van der Waals surface area contributed by atoms with Crippen molar-refractivity contribution in [3.8, 4) is 0 Å². The van der Waals surface area contributed by atoms with Crippen molar-refractivity contribution in [2.75, 3.05) is 13.2 Å². The van der Waals surface area contributed by atoms with E-state index in [1.807, 2.05) is 0 Å². The highest BCUT2D eigenvalue weighted by molar-refractivity contribution is 6.30. The fraction of sp³-hybridized carbons (Fsp3) is 0.647. The molecule has 21 heavy (non-hydrogen) atoms. The van der Waals surface area contributed by atoms with E-state index in [1.165, 1.54) is 18.9 Å². The number of nitrogens with one attached hydrogen (secondary N) is 1. The van der Waals surface area contributed by atoms with E-state index in [-0.39, 0.29) is 11.9 Å². The summed E-state index contributed by atoms with van der Waals surface area (Å²) in [5, 5.41) is 3.89. The van der Waals surface area contributed by atoms with Crippen LogP contribution in [0.5, 0.6) is 0 Å². The molecule has 0 bridgehead atoms. The molecule has 0 aromatic heterocycles. The minimum Gasteiger partial charge on any atom is -0.378 e. The predicted molar refractivity (Wildman–Crippen MR) is 85.3 cm³/mol. The zero-order valence-corrected chi connectivity index (χ0v) is 13.5. The maximum atomic E-state index is 14.1. The first kappa shape index (κ1) is 16.7. The maximum Gasteiger partial charge on any atom is 0.129 e. The number of hydrogen-bond donors (Lipinski definition) is 1. The molecule has 1 saturated heterocycles. The first-order valence-electron chi connectivity index (χ1n) is 8.00. The second-order valence-corrected chi connectivity index (χ2v) is 6.17. The van der Waals surface area contributed by atoms with Crippen LogP contribution >= 0.6 is 11.6 Å². The smallest absolute Gasteiger partial charge is 0.129 e. The molecule has 4 heteroatoms. The van der Waals surface area contributed by atoms with E-state index in [0.717, 1.165) is 38.8 Å². The largest absolute Gasteiger partial charge is 0.378 e. The van der Waals surface area contributed by atoms with Gasteiger partial charge in [0.2, 0.25) is 0 Å². The topological polar surface area (TPSA) is 21.3 Å². The molecule has 2 atom stereocenters. The van der Waals surface area contributed by atoms with Crippen molar-refractivity contribution in [1.82, 2.24) is 5.32 Å². The second kappa shape index (κ2) is 8.72. The molecule has 2 rings (SSSR count). The van der Waals surface area contributed by atoms with E-state index in [4.69, 9.17) is 16.3 Å². The van der Waals surface area contributed by atoms with Gasteiger partial charge in [0.1, 0.15) is 5.82 Å². The Labute approximate surface area is 132 Å². The van der Waals surface area contributed by atoms with Crippen LogP contribution in [0.4, 0.5) is 4.39 Å². The molecule has 118 valence electrons. The molecule has 1 aromatic carbocycles. The Balaban J connectivity index is 1.99. The van der Waals surface area contributed by atoms with Crippen LogP contribution in [0.25, 0.3) is 0 Å². The van der Waals surface area contributed by atoms with E-state index in [0.29, 0.717) is 16.7 Å². The molecular weight excluding hydrogens is 289 g/mol. The highest BCUT2D eigenvalue weighted by Gasteiger charge is 2.19. The molecule has 2 nitrogen and oxygen atoms in total. The first-order chi connectivity index (χ1) is 10.2. The summed E-state index contributed by atoms with van der Waals surface area (Å²) in [7, 11) is 0. The summed E-state index contributed by atoms with van der Waals surface area (Å²) in [5.41, 5.74) is 0.712. The molecule has 0 radical (unpaired) electrons. The van der Waals surface area contributed by atoms with Crippen molar-refractivity contribution in [2.24, 2.45) is 0 Å². The van der Waals surface area contributed by atoms with Crippen molar-refractivity contribution in [2.45, 2.75) is 57.6 Å². The molecule has 0 amide bonds. The molecule has 0 aliphatic carbocycles. The lowest BCUT2D eigenvalue weighted by Crippen LogP contribution is -2.26. The predicted octanol–water partition coefficient (Wildman–Crippen LogP) is 4.87. The Hall–Kier alpha value is -0.640. The molecule has 1 N–H and O–H groups in total. The molecule has 1 fully saturated rings. The Kier molecular flexibility index (Phi) is 6.94. The van der Waals surface area contributed by atoms with Crippen molar-refractivity contribution in [3.05, 3.63) is 34.6 Å². The van der Waals surface area contributed by atoms with Gasteiger partial charge in [-0.15, -0.1) is 0 Å². The van der Waals surface area contributed by atoms with Gasteiger partial charge in [0, 0.05) is 23.2 Å². The molecule has 1 aliphatic rings. The van der Waals surface area contributed by atoms with Crippen LogP contribution in [0.2, 0.25) is 5.02 Å². The van der Waals surface area contributed by atoms with Crippen LogP contribution in [0.3, 0.4) is 0 Å². The van der Waals surface area contributed by atoms with Crippen LogP contribution in [0.1, 0.15) is 57.1 Å². The Bertz CT molecular complexity index is 435. The Morgan fingerprint density at radius 3 is 2.95 bits per heavy atom. The van der Waals surface area contributed by atoms with Crippen molar-refractivity contribution in [1.29, 1.82) is 0 Å². The highest BCUT2D eigenvalue weighted by Crippen LogP contribution is 2.27. The Morgan fingerprint density at radius 2 is 2.29 bits per heavy atom. The van der Waals surface area contributed by atoms with Gasteiger partial charge in [-0.3, -0.25) is 0 Å². The molecule has 2 unspecified atom stereocenters. The second-order valence-electron chi connectivity index (χ2n) is 5.74. The fourth-order valence-corrected chi connectivity index (χ4v) is 3.02. The third kappa shape index (κ3) is 5.24. The standard InChI is InChI=1S/C17H25ClFNO/c1-2-10-20-17(9-7-14-5-3-4-11-21-14)15-8-6-13(18)12-16(15)19/h6,8,12,14,17,20H,2-5,7,9-11H2,1H3. The van der Waals surface area contributed by atoms with Gasteiger partial charge in [-0.25, -0.2) is 4.39 Å². The van der Waals surface area contributed by atoms with Crippen molar-refractivity contribution in [3.63, 3.8) is 0 Å². The fourth-order valence-electron chi connectivity index (χ4n) is 2.86. The number of rotatable bonds is 7. The summed E-state index contributed by atoms with van der Waals surface area (Å²) >= 11 is 5.84. The summed E-state index contributed by atoms with van der Waals surface area (Å²) in [6, 6.07) is 4.99. The van der Waals surface area contributed by atoms with Crippen LogP contribution < -0.4 is 5.32 Å². The van der Waals surface area contributed by atoms with Gasteiger partial charge in [0.05, 0.1) is 6.10 Å². The van der Waals surface area contributed by atoms with Crippen LogP contribution in [0, 0.1) is 5.82 Å². The molecule has 0 spiro atoms. The summed E-state index contributed by atoms with van der Waals surface area (Å²) in [6.07, 6.45) is 6.77. The van der Waals surface area contributed by atoms with Gasteiger partial charge in [-0.2, -0.15) is 0 Å². The summed E-state index contributed by atoms with van der Waals surface area (Å²) in [4.78, 5) is 0. The average molecular weight is 314 g/mol. The first-order valence-corrected chi connectivity index (χ1v) is 8.38. The Morgan fingerprint density at radius 1 is 1.43 bits per heavy atom. The van der Waals surface area contributed by atoms with E-state index < -0.39 is 0 Å². The van der Waals surface area contributed by atoms with E-state index in [9.17, 15) is 4.39 Å². The molecular formula is C17H25ClFNO. The van der Waals surface area contributed by atoms with Crippen LogP contribution in [0.15, 0.2) is 18.2 Å². The lowest BCUT2D eigenvalue weighted by Gasteiger charge is -2.26. The van der Waals surface area contributed by atoms with Gasteiger partial charge in [-0.05, 0) is 57.2 Å². The number of benzene rings is 1. The van der Waals surface area contributed by atoms with Crippen LogP contribution in [-0.2, 0) is 4.74 Å².